The molecular weight excluding hydrogens is 158 g/mol. The third-order valence-corrected chi connectivity index (χ3v) is 1.85. The van der Waals surface area contributed by atoms with Gasteiger partial charge in [0.05, 0.1) is 6.10 Å². The Kier molecular flexibility index (Phi) is 6.66. The maximum absolute atomic E-state index is 9.91. The predicted molar refractivity (Wildman–Crippen MR) is 46.6 cm³/mol. The fourth-order valence-electron chi connectivity index (χ4n) is 1.00. The van der Waals surface area contributed by atoms with E-state index in [1.54, 1.807) is 0 Å². The highest BCUT2D eigenvalue weighted by molar-refractivity contribution is 4.52. The van der Waals surface area contributed by atoms with Crippen LogP contribution in [-0.4, -0.2) is 22.7 Å². The molecular formula is C8H17NO3. The molecule has 1 atom stereocenters. The smallest absolute Gasteiger partial charge is 0.203 e. The molecule has 0 heterocycles. The summed E-state index contributed by atoms with van der Waals surface area (Å²) >= 11 is 0. The molecule has 1 N–H and O–H groups in total. The minimum Gasteiger partial charge on any atom is -0.393 e. The Morgan fingerprint density at radius 2 is 2.08 bits per heavy atom. The summed E-state index contributed by atoms with van der Waals surface area (Å²) in [5.41, 5.74) is 0. The van der Waals surface area contributed by atoms with Gasteiger partial charge in [-0.25, -0.2) is 0 Å². The number of hydrogen-bond acceptors (Lipinski definition) is 3. The SMILES string of the molecule is CCC(O)CCCCC[N+](=O)[O-]. The number of aliphatic hydroxyl groups excluding tert-OH is 1. The van der Waals surface area contributed by atoms with Gasteiger partial charge >= 0.3 is 0 Å². The van der Waals surface area contributed by atoms with Gasteiger partial charge in [-0.3, -0.25) is 10.1 Å². The molecule has 0 aromatic heterocycles. The van der Waals surface area contributed by atoms with E-state index in [0.29, 0.717) is 6.42 Å². The molecule has 0 amide bonds. The van der Waals surface area contributed by atoms with Crippen LogP contribution < -0.4 is 0 Å². The normalized spacial score (nSPS) is 12.8. The lowest BCUT2D eigenvalue weighted by Crippen LogP contribution is -2.04. The molecule has 4 nitrogen and oxygen atoms in total. The molecule has 0 aliphatic rings. The molecule has 12 heavy (non-hydrogen) atoms. The topological polar surface area (TPSA) is 63.4 Å². The van der Waals surface area contributed by atoms with E-state index < -0.39 is 0 Å². The molecule has 0 aromatic rings. The van der Waals surface area contributed by atoms with Crippen LogP contribution in [0.15, 0.2) is 0 Å². The quantitative estimate of drug-likeness (QED) is 0.363. The van der Waals surface area contributed by atoms with Crippen molar-refractivity contribution in [2.45, 2.75) is 45.1 Å². The van der Waals surface area contributed by atoms with Crippen LogP contribution >= 0.6 is 0 Å². The van der Waals surface area contributed by atoms with Crippen LogP contribution in [0.1, 0.15) is 39.0 Å². The third kappa shape index (κ3) is 7.47. The van der Waals surface area contributed by atoms with E-state index >= 15 is 0 Å². The monoisotopic (exact) mass is 175 g/mol. The highest BCUT2D eigenvalue weighted by atomic mass is 16.6. The summed E-state index contributed by atoms with van der Waals surface area (Å²) in [4.78, 5) is 9.61. The summed E-state index contributed by atoms with van der Waals surface area (Å²) in [5, 5.41) is 19.0. The maximum Gasteiger partial charge on any atom is 0.203 e. The number of rotatable bonds is 7. The number of nitro groups is 1. The lowest BCUT2D eigenvalue weighted by atomic mass is 10.1. The Bertz CT molecular complexity index is 127. The maximum atomic E-state index is 9.91. The Morgan fingerprint density at radius 3 is 2.58 bits per heavy atom. The zero-order valence-corrected chi connectivity index (χ0v) is 7.53. The van der Waals surface area contributed by atoms with Gasteiger partial charge in [0.1, 0.15) is 0 Å². The molecule has 0 saturated carbocycles. The van der Waals surface area contributed by atoms with Crippen molar-refractivity contribution >= 4 is 0 Å². The van der Waals surface area contributed by atoms with Gasteiger partial charge in [-0.2, -0.15) is 0 Å². The first kappa shape index (κ1) is 11.4. The summed E-state index contributed by atoms with van der Waals surface area (Å²) in [6.07, 6.45) is 3.69. The fourth-order valence-corrected chi connectivity index (χ4v) is 1.00. The van der Waals surface area contributed by atoms with Crippen LogP contribution in [0, 0.1) is 10.1 Å². The van der Waals surface area contributed by atoms with Gasteiger partial charge in [0, 0.05) is 11.3 Å². The third-order valence-electron chi connectivity index (χ3n) is 1.85. The summed E-state index contributed by atoms with van der Waals surface area (Å²) in [6, 6.07) is 0. The highest BCUT2D eigenvalue weighted by Crippen LogP contribution is 2.05. The zero-order chi connectivity index (χ0) is 9.40. The largest absolute Gasteiger partial charge is 0.393 e. The minimum atomic E-state index is -0.295. The van der Waals surface area contributed by atoms with Gasteiger partial charge in [0.2, 0.25) is 6.54 Å². The molecule has 0 bridgehead atoms. The van der Waals surface area contributed by atoms with Crippen molar-refractivity contribution in [3.63, 3.8) is 0 Å². The Morgan fingerprint density at radius 1 is 1.42 bits per heavy atom. The molecule has 0 rings (SSSR count). The molecule has 0 aliphatic carbocycles. The molecule has 0 spiro atoms. The summed E-state index contributed by atoms with van der Waals surface area (Å²) in [5.74, 6) is 0. The van der Waals surface area contributed by atoms with Gasteiger partial charge in [-0.1, -0.05) is 13.3 Å². The summed E-state index contributed by atoms with van der Waals surface area (Å²) < 4.78 is 0. The van der Waals surface area contributed by atoms with Crippen LogP contribution in [0.3, 0.4) is 0 Å². The van der Waals surface area contributed by atoms with Crippen molar-refractivity contribution in [2.75, 3.05) is 6.54 Å². The van der Waals surface area contributed by atoms with E-state index in [4.69, 9.17) is 5.11 Å². The number of hydrogen-bond donors (Lipinski definition) is 1. The number of aliphatic hydroxyl groups is 1. The highest BCUT2D eigenvalue weighted by Gasteiger charge is 2.01. The van der Waals surface area contributed by atoms with E-state index in [-0.39, 0.29) is 17.6 Å². The Labute approximate surface area is 72.7 Å². The summed E-state index contributed by atoms with van der Waals surface area (Å²) in [6.45, 7) is 1.99. The zero-order valence-electron chi connectivity index (χ0n) is 7.53. The van der Waals surface area contributed by atoms with E-state index in [1.807, 2.05) is 6.92 Å². The van der Waals surface area contributed by atoms with Gasteiger partial charge in [0.25, 0.3) is 0 Å². The van der Waals surface area contributed by atoms with Crippen molar-refractivity contribution in [1.82, 2.24) is 0 Å². The number of nitrogens with zero attached hydrogens (tertiary/aromatic N) is 1. The van der Waals surface area contributed by atoms with Crippen LogP contribution in [0.5, 0.6) is 0 Å². The Hall–Kier alpha value is -0.640. The molecule has 0 fully saturated rings. The van der Waals surface area contributed by atoms with Crippen LogP contribution in [0.25, 0.3) is 0 Å². The van der Waals surface area contributed by atoms with Gasteiger partial charge in [0.15, 0.2) is 0 Å². The number of unbranched alkanes of at least 4 members (excludes halogenated alkanes) is 2. The molecule has 1 unspecified atom stereocenters. The van der Waals surface area contributed by atoms with Crippen molar-refractivity contribution in [2.24, 2.45) is 0 Å². The molecule has 4 heteroatoms. The predicted octanol–water partition coefficient (Wildman–Crippen LogP) is 1.59. The van der Waals surface area contributed by atoms with Gasteiger partial charge in [-0.05, 0) is 19.3 Å². The van der Waals surface area contributed by atoms with Crippen molar-refractivity contribution in [1.29, 1.82) is 0 Å². The van der Waals surface area contributed by atoms with Crippen LogP contribution in [0.4, 0.5) is 0 Å². The molecule has 0 aliphatic heterocycles. The van der Waals surface area contributed by atoms with Gasteiger partial charge < -0.3 is 5.11 Å². The molecule has 0 aromatic carbocycles. The van der Waals surface area contributed by atoms with Crippen molar-refractivity contribution < 1.29 is 10.0 Å². The minimum absolute atomic E-state index is 0.0578. The molecule has 0 radical (unpaired) electrons. The molecule has 72 valence electrons. The van der Waals surface area contributed by atoms with Crippen LogP contribution in [0.2, 0.25) is 0 Å². The van der Waals surface area contributed by atoms with E-state index in [1.165, 1.54) is 0 Å². The van der Waals surface area contributed by atoms with Crippen molar-refractivity contribution in [3.05, 3.63) is 10.1 Å². The first-order chi connectivity index (χ1) is 5.66. The van der Waals surface area contributed by atoms with E-state index in [0.717, 1.165) is 25.7 Å². The summed E-state index contributed by atoms with van der Waals surface area (Å²) in [7, 11) is 0. The van der Waals surface area contributed by atoms with E-state index in [2.05, 4.69) is 0 Å². The fraction of sp³-hybridized carbons (Fsp3) is 1.00. The first-order valence-corrected chi connectivity index (χ1v) is 4.46. The molecule has 0 saturated heterocycles. The first-order valence-electron chi connectivity index (χ1n) is 4.46. The average Bonchev–Trinajstić information content (AvgIpc) is 2.03. The second-order valence-electron chi connectivity index (χ2n) is 2.97. The van der Waals surface area contributed by atoms with E-state index in [9.17, 15) is 10.1 Å². The Balaban J connectivity index is 3.05. The lowest BCUT2D eigenvalue weighted by molar-refractivity contribution is -0.480. The standard InChI is InChI=1S/C8H17NO3/c1-2-8(10)6-4-3-5-7-9(11)12/h8,10H,2-7H2,1H3. The van der Waals surface area contributed by atoms with Crippen molar-refractivity contribution in [3.8, 4) is 0 Å². The second-order valence-corrected chi connectivity index (χ2v) is 2.97. The second kappa shape index (κ2) is 7.03. The van der Waals surface area contributed by atoms with Crippen LogP contribution in [-0.2, 0) is 0 Å². The average molecular weight is 175 g/mol. The van der Waals surface area contributed by atoms with Gasteiger partial charge in [-0.15, -0.1) is 0 Å². The lowest BCUT2D eigenvalue weighted by Gasteiger charge is -2.05.